The Balaban J connectivity index is -0.000000216. The first-order valence-corrected chi connectivity index (χ1v) is 5.55. The molecule has 6 heteroatoms. The number of pyridine rings is 3. The number of aromatic nitrogens is 3. The average molecular weight is 322 g/mol. The predicted octanol–water partition coefficient (Wildman–Crippen LogP) is 0.339. The summed E-state index contributed by atoms with van der Waals surface area (Å²) < 4.78 is 0. The van der Waals surface area contributed by atoms with Crippen LogP contribution in [-0.2, 0) is 17.1 Å². The van der Waals surface area contributed by atoms with Gasteiger partial charge in [-0.1, -0.05) is 35.0 Å². The molecule has 3 heterocycles. The topological polar surface area (TPSA) is 38.7 Å². The van der Waals surface area contributed by atoms with Gasteiger partial charge in [-0.15, -0.1) is 0 Å². The molecule has 3 aromatic rings. The van der Waals surface area contributed by atoms with Crippen molar-refractivity contribution < 1.29 is 17.1 Å². The van der Waals surface area contributed by atoms with E-state index in [9.17, 15) is 0 Å². The van der Waals surface area contributed by atoms with Crippen molar-refractivity contribution in [2.45, 2.75) is 0 Å². The van der Waals surface area contributed by atoms with Crippen LogP contribution in [0.15, 0.2) is 91.8 Å². The minimum absolute atomic E-state index is 0. The summed E-state index contributed by atoms with van der Waals surface area (Å²) in [5.41, 5.74) is 0. The van der Waals surface area contributed by atoms with Crippen molar-refractivity contribution in [3.63, 3.8) is 0 Å². The number of nitrogens with zero attached hydrogens (tertiary/aromatic N) is 3. The molecule has 0 spiro atoms. The maximum atomic E-state index is 3.78. The zero-order valence-corrected chi connectivity index (χ0v) is 11.6. The summed E-state index contributed by atoms with van der Waals surface area (Å²) in [5.74, 6) is 0. The smallest absolute Gasteiger partial charge is 0.265 e. The van der Waals surface area contributed by atoms with Gasteiger partial charge in [-0.25, -0.2) is 0 Å². The molecule has 0 unspecified atom stereocenters. The van der Waals surface area contributed by atoms with Crippen LogP contribution in [0.5, 0.6) is 0 Å². The molecule has 0 N–H and O–H groups in total. The van der Waals surface area contributed by atoms with Gasteiger partial charge in [0.25, 0.3) is 0 Å². The van der Waals surface area contributed by atoms with E-state index in [1.54, 1.807) is 37.2 Å². The van der Waals surface area contributed by atoms with Crippen molar-refractivity contribution in [3.8, 4) is 0 Å². The SMILES string of the molecule is [BH4-].[BH4-].[Mn+2].c1ccncc1.c1ccncc1.c1ccncc1. The normalized spacial score (nSPS) is 6.86. The van der Waals surface area contributed by atoms with Gasteiger partial charge >= 0.3 is 17.1 Å². The molecule has 1 radical (unpaired) electrons. The Kier molecular flexibility index (Phi) is 23.5. The van der Waals surface area contributed by atoms with Gasteiger partial charge in [0.2, 0.25) is 0 Å². The maximum absolute atomic E-state index is 3.78. The second kappa shape index (κ2) is 20.4. The molecule has 0 bridgehead atoms. The summed E-state index contributed by atoms with van der Waals surface area (Å²) in [4.78, 5) is 11.4. The molecule has 0 aliphatic heterocycles. The molecular formula is C15H23B2MnN3. The third kappa shape index (κ3) is 18.1. The Labute approximate surface area is 140 Å². The quantitative estimate of drug-likeness (QED) is 0.561. The Hall–Kier alpha value is -1.90. The van der Waals surface area contributed by atoms with E-state index in [0.717, 1.165) is 0 Å². The Morgan fingerprint density at radius 3 is 0.571 bits per heavy atom. The molecular weight excluding hydrogens is 299 g/mol. The summed E-state index contributed by atoms with van der Waals surface area (Å²) in [6, 6.07) is 17.1. The van der Waals surface area contributed by atoms with Gasteiger partial charge in [0.1, 0.15) is 0 Å². The molecule has 3 nitrogen and oxygen atoms in total. The molecule has 0 fully saturated rings. The van der Waals surface area contributed by atoms with Crippen LogP contribution in [0.3, 0.4) is 0 Å². The van der Waals surface area contributed by atoms with Gasteiger partial charge in [-0.3, -0.25) is 15.0 Å². The van der Waals surface area contributed by atoms with Crippen LogP contribution in [-0.4, -0.2) is 31.8 Å². The van der Waals surface area contributed by atoms with E-state index in [1.165, 1.54) is 0 Å². The predicted molar refractivity (Wildman–Crippen MR) is 95.4 cm³/mol. The van der Waals surface area contributed by atoms with Crippen LogP contribution in [0.2, 0.25) is 0 Å². The van der Waals surface area contributed by atoms with Crippen LogP contribution in [0, 0.1) is 0 Å². The third-order valence-corrected chi connectivity index (χ3v) is 1.70. The van der Waals surface area contributed by atoms with Crippen LogP contribution >= 0.6 is 0 Å². The number of hydrogen-bond donors (Lipinski definition) is 0. The minimum atomic E-state index is 0. The van der Waals surface area contributed by atoms with Crippen molar-refractivity contribution in [3.05, 3.63) is 91.8 Å². The summed E-state index contributed by atoms with van der Waals surface area (Å²) in [6.45, 7) is 0. The monoisotopic (exact) mass is 322 g/mol. The molecule has 0 atom stereocenters. The van der Waals surface area contributed by atoms with Crippen molar-refractivity contribution in [2.24, 2.45) is 0 Å². The van der Waals surface area contributed by atoms with Crippen LogP contribution in [0.4, 0.5) is 0 Å². The standard InChI is InChI=1S/3C5H5N.2BH4.Mn/c3*1-2-4-6-5-3-1;;;/h3*1-5H;2*1H4;/q;;;2*-1;+2. The molecule has 0 aliphatic carbocycles. The van der Waals surface area contributed by atoms with Crippen molar-refractivity contribution in [1.29, 1.82) is 0 Å². The van der Waals surface area contributed by atoms with E-state index in [1.807, 2.05) is 54.6 Å². The van der Waals surface area contributed by atoms with Gasteiger partial charge in [0.05, 0.1) is 0 Å². The van der Waals surface area contributed by atoms with Gasteiger partial charge in [-0.05, 0) is 36.4 Å². The number of rotatable bonds is 0. The second-order valence-electron chi connectivity index (χ2n) is 3.07. The van der Waals surface area contributed by atoms with E-state index in [-0.39, 0.29) is 33.9 Å². The van der Waals surface area contributed by atoms with Crippen molar-refractivity contribution in [1.82, 2.24) is 15.0 Å². The number of hydrogen-bond acceptors (Lipinski definition) is 3. The first kappa shape index (κ1) is 24.1. The third-order valence-electron chi connectivity index (χ3n) is 1.70. The molecule has 0 saturated carbocycles. The summed E-state index contributed by atoms with van der Waals surface area (Å²) >= 11 is 0. The fourth-order valence-electron chi connectivity index (χ4n) is 0.938. The summed E-state index contributed by atoms with van der Waals surface area (Å²) in [7, 11) is 0. The molecule has 3 aromatic heterocycles. The average Bonchev–Trinajstić information content (AvgIpc) is 2.54. The summed E-state index contributed by atoms with van der Waals surface area (Å²) in [6.07, 6.45) is 10.5. The van der Waals surface area contributed by atoms with Gasteiger partial charge in [0, 0.05) is 37.2 Å². The molecule has 21 heavy (non-hydrogen) atoms. The molecule has 3 rings (SSSR count). The maximum Gasteiger partial charge on any atom is 2.00 e. The van der Waals surface area contributed by atoms with E-state index >= 15 is 0 Å². The van der Waals surface area contributed by atoms with E-state index < -0.39 is 0 Å². The van der Waals surface area contributed by atoms with Gasteiger partial charge < -0.3 is 0 Å². The van der Waals surface area contributed by atoms with Crippen LogP contribution < -0.4 is 0 Å². The van der Waals surface area contributed by atoms with E-state index in [0.29, 0.717) is 0 Å². The zero-order valence-electron chi connectivity index (χ0n) is 10.4. The Morgan fingerprint density at radius 2 is 0.524 bits per heavy atom. The van der Waals surface area contributed by atoms with Gasteiger partial charge in [-0.2, -0.15) is 0 Å². The van der Waals surface area contributed by atoms with Crippen molar-refractivity contribution >= 4 is 16.8 Å². The summed E-state index contributed by atoms with van der Waals surface area (Å²) in [5, 5.41) is 0. The largest absolute Gasteiger partial charge is 2.00 e. The first-order valence-electron chi connectivity index (χ1n) is 5.55. The fraction of sp³-hybridized carbons (Fsp3) is 0. The zero-order chi connectivity index (χ0) is 12.7. The van der Waals surface area contributed by atoms with Gasteiger partial charge in [0.15, 0.2) is 0 Å². The fourth-order valence-corrected chi connectivity index (χ4v) is 0.938. The van der Waals surface area contributed by atoms with Crippen LogP contribution in [0.25, 0.3) is 0 Å². The molecule has 0 amide bonds. The van der Waals surface area contributed by atoms with E-state index in [4.69, 9.17) is 0 Å². The minimum Gasteiger partial charge on any atom is -0.265 e. The van der Waals surface area contributed by atoms with Crippen molar-refractivity contribution in [2.75, 3.05) is 0 Å². The first-order chi connectivity index (χ1) is 9.00. The second-order valence-corrected chi connectivity index (χ2v) is 3.07. The Morgan fingerprint density at radius 1 is 0.333 bits per heavy atom. The molecule has 0 saturated heterocycles. The van der Waals surface area contributed by atoms with E-state index in [2.05, 4.69) is 15.0 Å². The Bertz CT molecular complexity index is 318. The molecule has 0 aromatic carbocycles. The van der Waals surface area contributed by atoms with Crippen LogP contribution in [0.1, 0.15) is 0 Å². The molecule has 0 aliphatic rings. The molecule has 111 valence electrons.